The lowest BCUT2D eigenvalue weighted by molar-refractivity contribution is -0.136. The highest BCUT2D eigenvalue weighted by molar-refractivity contribution is 5.99. The van der Waals surface area contributed by atoms with Gasteiger partial charge < -0.3 is 10.1 Å². The van der Waals surface area contributed by atoms with Crippen LogP contribution in [0.4, 0.5) is 5.69 Å². The fraction of sp³-hybridized carbons (Fsp3) is 0.278. The summed E-state index contributed by atoms with van der Waals surface area (Å²) in [6.45, 7) is 3.43. The van der Waals surface area contributed by atoms with Crippen LogP contribution in [0.25, 0.3) is 0 Å². The Morgan fingerprint density at radius 1 is 1.13 bits per heavy atom. The molecular formula is C18H21NO4. The molecule has 5 nitrogen and oxygen atoms in total. The first-order valence-electron chi connectivity index (χ1n) is 7.46. The number of nitrogens with one attached hydrogen (secondary N) is 1. The van der Waals surface area contributed by atoms with E-state index in [0.717, 1.165) is 6.42 Å². The number of hydrogen-bond acceptors (Lipinski definition) is 4. The standard InChI is InChI=1S/C18H21NO4/c1-3-5-6-8-18(22)23-13-16(20)14-9-11-15(12-10-14)19-17(21)7-4-2/h3,5-6,8-12H,4,7,13H2,1-2H3,(H,19,21)/b5-3+,8-6+. The van der Waals surface area contributed by atoms with Crippen LogP contribution in [-0.2, 0) is 14.3 Å². The summed E-state index contributed by atoms with van der Waals surface area (Å²) < 4.78 is 4.85. The zero-order valence-corrected chi connectivity index (χ0v) is 13.4. The second kappa shape index (κ2) is 10.1. The highest BCUT2D eigenvalue weighted by Gasteiger charge is 2.09. The van der Waals surface area contributed by atoms with Crippen molar-refractivity contribution < 1.29 is 19.1 Å². The number of hydrogen-bond donors (Lipinski definition) is 1. The highest BCUT2D eigenvalue weighted by atomic mass is 16.5. The van der Waals surface area contributed by atoms with Gasteiger partial charge in [0.2, 0.25) is 5.91 Å². The Hall–Kier alpha value is -2.69. The third kappa shape index (κ3) is 7.22. The average molecular weight is 315 g/mol. The van der Waals surface area contributed by atoms with Crippen LogP contribution in [0.1, 0.15) is 37.0 Å². The first-order valence-corrected chi connectivity index (χ1v) is 7.46. The van der Waals surface area contributed by atoms with E-state index < -0.39 is 5.97 Å². The molecule has 23 heavy (non-hydrogen) atoms. The molecule has 1 amide bonds. The van der Waals surface area contributed by atoms with E-state index in [2.05, 4.69) is 5.32 Å². The van der Waals surface area contributed by atoms with Gasteiger partial charge in [-0.3, -0.25) is 9.59 Å². The average Bonchev–Trinajstić information content (AvgIpc) is 2.54. The van der Waals surface area contributed by atoms with Gasteiger partial charge in [-0.15, -0.1) is 0 Å². The Morgan fingerprint density at radius 2 is 1.83 bits per heavy atom. The number of anilines is 1. The lowest BCUT2D eigenvalue weighted by atomic mass is 10.1. The summed E-state index contributed by atoms with van der Waals surface area (Å²) >= 11 is 0. The molecule has 0 unspecified atom stereocenters. The van der Waals surface area contributed by atoms with Crippen LogP contribution in [0.15, 0.2) is 48.6 Å². The number of esters is 1. The van der Waals surface area contributed by atoms with Crippen molar-refractivity contribution in [2.75, 3.05) is 11.9 Å². The lowest BCUT2D eigenvalue weighted by Gasteiger charge is -2.06. The number of ether oxygens (including phenoxy) is 1. The first-order chi connectivity index (χ1) is 11.1. The fourth-order valence-electron chi connectivity index (χ4n) is 1.70. The van der Waals surface area contributed by atoms with Crippen LogP contribution in [-0.4, -0.2) is 24.3 Å². The second-order valence-electron chi connectivity index (χ2n) is 4.79. The summed E-state index contributed by atoms with van der Waals surface area (Å²) in [6.07, 6.45) is 7.48. The maximum atomic E-state index is 11.9. The van der Waals surface area contributed by atoms with Gasteiger partial charge in [0.05, 0.1) is 0 Å². The Kier molecular flexibility index (Phi) is 8.07. The van der Waals surface area contributed by atoms with E-state index in [9.17, 15) is 14.4 Å². The molecule has 0 aliphatic carbocycles. The van der Waals surface area contributed by atoms with Crippen LogP contribution < -0.4 is 5.32 Å². The minimum absolute atomic E-state index is 0.0616. The molecule has 1 rings (SSSR count). The van der Waals surface area contributed by atoms with E-state index >= 15 is 0 Å². The maximum absolute atomic E-state index is 11.9. The number of ketones is 1. The van der Waals surface area contributed by atoms with E-state index in [-0.39, 0.29) is 18.3 Å². The van der Waals surface area contributed by atoms with Gasteiger partial charge in [0.1, 0.15) is 0 Å². The molecule has 0 radical (unpaired) electrons. The van der Waals surface area contributed by atoms with Crippen LogP contribution in [0.2, 0.25) is 0 Å². The van der Waals surface area contributed by atoms with Gasteiger partial charge in [-0.25, -0.2) is 4.79 Å². The van der Waals surface area contributed by atoms with Crippen LogP contribution in [0, 0.1) is 0 Å². The minimum Gasteiger partial charge on any atom is -0.454 e. The van der Waals surface area contributed by atoms with Gasteiger partial charge in [0.15, 0.2) is 12.4 Å². The van der Waals surface area contributed by atoms with E-state index in [4.69, 9.17) is 4.74 Å². The van der Waals surface area contributed by atoms with E-state index in [1.54, 1.807) is 42.5 Å². The van der Waals surface area contributed by atoms with Crippen LogP contribution >= 0.6 is 0 Å². The zero-order chi connectivity index (χ0) is 17.1. The third-order valence-electron chi connectivity index (χ3n) is 2.85. The minimum atomic E-state index is -0.570. The molecule has 0 aliphatic rings. The molecule has 0 heterocycles. The Bertz CT molecular complexity index is 600. The monoisotopic (exact) mass is 315 g/mol. The number of Topliss-reactive ketones (excluding diaryl/α,β-unsaturated/α-hetero) is 1. The molecule has 1 N–H and O–H groups in total. The van der Waals surface area contributed by atoms with E-state index in [1.165, 1.54) is 6.08 Å². The molecule has 0 aromatic heterocycles. The molecule has 0 saturated carbocycles. The molecular weight excluding hydrogens is 294 g/mol. The number of amides is 1. The van der Waals surface area contributed by atoms with Crippen LogP contribution in [0.3, 0.4) is 0 Å². The van der Waals surface area contributed by atoms with E-state index in [1.807, 2.05) is 13.8 Å². The number of carbonyl (C=O) groups excluding carboxylic acids is 3. The summed E-state index contributed by atoms with van der Waals surface area (Å²) in [5.74, 6) is -0.933. The van der Waals surface area contributed by atoms with Crippen molar-refractivity contribution in [3.8, 4) is 0 Å². The number of rotatable bonds is 8. The van der Waals surface area contributed by atoms with Crippen LogP contribution in [0.5, 0.6) is 0 Å². The van der Waals surface area contributed by atoms with Crippen molar-refractivity contribution in [1.29, 1.82) is 0 Å². The molecule has 5 heteroatoms. The molecule has 0 fully saturated rings. The molecule has 1 aromatic carbocycles. The zero-order valence-electron chi connectivity index (χ0n) is 13.4. The molecule has 122 valence electrons. The third-order valence-corrected chi connectivity index (χ3v) is 2.85. The van der Waals surface area contributed by atoms with Gasteiger partial charge in [0.25, 0.3) is 0 Å². The largest absolute Gasteiger partial charge is 0.454 e. The fourth-order valence-corrected chi connectivity index (χ4v) is 1.70. The molecule has 0 atom stereocenters. The second-order valence-corrected chi connectivity index (χ2v) is 4.79. The topological polar surface area (TPSA) is 72.5 Å². The van der Waals surface area contributed by atoms with Gasteiger partial charge in [-0.2, -0.15) is 0 Å². The SMILES string of the molecule is C/C=C/C=C/C(=O)OCC(=O)c1ccc(NC(=O)CCC)cc1. The summed E-state index contributed by atoms with van der Waals surface area (Å²) in [5, 5.41) is 2.74. The summed E-state index contributed by atoms with van der Waals surface area (Å²) in [6, 6.07) is 6.48. The van der Waals surface area contributed by atoms with Crippen molar-refractivity contribution in [3.05, 3.63) is 54.1 Å². The van der Waals surface area contributed by atoms with Crippen molar-refractivity contribution in [1.82, 2.24) is 0 Å². The van der Waals surface area contributed by atoms with Crippen molar-refractivity contribution in [3.63, 3.8) is 0 Å². The van der Waals surface area contributed by atoms with Gasteiger partial charge in [0, 0.05) is 23.7 Å². The van der Waals surface area contributed by atoms with Gasteiger partial charge in [-0.05, 0) is 37.6 Å². The number of benzene rings is 1. The van der Waals surface area contributed by atoms with Gasteiger partial charge in [-0.1, -0.05) is 25.2 Å². The van der Waals surface area contributed by atoms with Crippen molar-refractivity contribution in [2.45, 2.75) is 26.7 Å². The van der Waals surface area contributed by atoms with Crippen molar-refractivity contribution in [2.24, 2.45) is 0 Å². The summed E-state index contributed by atoms with van der Waals surface area (Å²) in [5.41, 5.74) is 1.05. The Morgan fingerprint density at radius 3 is 2.43 bits per heavy atom. The Labute approximate surface area is 136 Å². The smallest absolute Gasteiger partial charge is 0.331 e. The Balaban J connectivity index is 2.51. The first kappa shape index (κ1) is 18.4. The van der Waals surface area contributed by atoms with Crippen molar-refractivity contribution >= 4 is 23.3 Å². The molecule has 0 bridgehead atoms. The number of allylic oxidation sites excluding steroid dienone is 3. The molecule has 0 spiro atoms. The summed E-state index contributed by atoms with van der Waals surface area (Å²) in [4.78, 5) is 34.7. The summed E-state index contributed by atoms with van der Waals surface area (Å²) in [7, 11) is 0. The van der Waals surface area contributed by atoms with Gasteiger partial charge >= 0.3 is 5.97 Å². The molecule has 0 saturated heterocycles. The van der Waals surface area contributed by atoms with E-state index in [0.29, 0.717) is 17.7 Å². The maximum Gasteiger partial charge on any atom is 0.331 e. The normalized spacial score (nSPS) is 10.9. The quantitative estimate of drug-likeness (QED) is 0.346. The lowest BCUT2D eigenvalue weighted by Crippen LogP contribution is -2.13. The molecule has 0 aliphatic heterocycles. The number of carbonyl (C=O) groups is 3. The predicted octanol–water partition coefficient (Wildman–Crippen LogP) is 3.28. The predicted molar refractivity (Wildman–Crippen MR) is 89.2 cm³/mol. The highest BCUT2D eigenvalue weighted by Crippen LogP contribution is 2.11. The molecule has 1 aromatic rings.